The number of halogens is 3. The molecule has 0 aromatic carbocycles. The number of aromatic nitrogens is 1. The first-order valence-electron chi connectivity index (χ1n) is 5.59. The van der Waals surface area contributed by atoms with Crippen LogP contribution in [0.1, 0.15) is 36.8 Å². The van der Waals surface area contributed by atoms with E-state index in [2.05, 4.69) is 4.98 Å². The van der Waals surface area contributed by atoms with Crippen LogP contribution in [0.15, 0.2) is 18.5 Å². The zero-order valence-electron chi connectivity index (χ0n) is 9.50. The average molecular weight is 259 g/mol. The van der Waals surface area contributed by atoms with E-state index in [0.717, 1.165) is 24.9 Å². The van der Waals surface area contributed by atoms with Crippen molar-refractivity contribution in [2.24, 2.45) is 0 Å². The van der Waals surface area contributed by atoms with Crippen LogP contribution in [-0.4, -0.2) is 16.1 Å². The van der Waals surface area contributed by atoms with Crippen molar-refractivity contribution < 1.29 is 23.1 Å². The molecule has 1 aliphatic rings. The van der Waals surface area contributed by atoms with Gasteiger partial charge in [0, 0.05) is 17.8 Å². The Balaban J connectivity index is 2.46. The Morgan fingerprint density at radius 1 is 1.44 bits per heavy atom. The molecule has 0 bridgehead atoms. The minimum absolute atomic E-state index is 0.0196. The molecule has 3 nitrogen and oxygen atoms in total. The molecule has 0 amide bonds. The van der Waals surface area contributed by atoms with Gasteiger partial charge in [0.25, 0.3) is 0 Å². The fourth-order valence-electron chi connectivity index (χ4n) is 2.50. The smallest absolute Gasteiger partial charge is 0.416 e. The lowest BCUT2D eigenvalue weighted by Gasteiger charge is -2.42. The molecule has 0 radical (unpaired) electrons. The summed E-state index contributed by atoms with van der Waals surface area (Å²) < 4.78 is 38.7. The van der Waals surface area contributed by atoms with E-state index in [9.17, 15) is 18.0 Å². The molecule has 2 rings (SSSR count). The van der Waals surface area contributed by atoms with Crippen LogP contribution in [0.4, 0.5) is 13.2 Å². The van der Waals surface area contributed by atoms with Crippen LogP contribution in [0.5, 0.6) is 0 Å². The van der Waals surface area contributed by atoms with Crippen molar-refractivity contribution >= 4 is 5.97 Å². The third-order valence-corrected chi connectivity index (χ3v) is 3.50. The molecular formula is C12H12F3NO2. The number of alkyl halides is 3. The Hall–Kier alpha value is -1.59. The molecule has 1 heterocycles. The van der Waals surface area contributed by atoms with Gasteiger partial charge in [-0.3, -0.25) is 9.78 Å². The van der Waals surface area contributed by atoms with E-state index >= 15 is 0 Å². The van der Waals surface area contributed by atoms with Gasteiger partial charge in [-0.2, -0.15) is 13.2 Å². The van der Waals surface area contributed by atoms with Gasteiger partial charge < -0.3 is 5.11 Å². The lowest BCUT2D eigenvalue weighted by atomic mass is 9.62. The molecule has 6 heteroatoms. The van der Waals surface area contributed by atoms with Gasteiger partial charge in [-0.25, -0.2) is 0 Å². The van der Waals surface area contributed by atoms with Gasteiger partial charge in [0.05, 0.1) is 12.0 Å². The number of nitrogens with zero attached hydrogens (tertiary/aromatic N) is 1. The Labute approximate surface area is 102 Å². The normalized spacial score (nSPS) is 18.2. The molecule has 1 aromatic rings. The van der Waals surface area contributed by atoms with Crippen LogP contribution < -0.4 is 0 Å². The van der Waals surface area contributed by atoms with Gasteiger partial charge >= 0.3 is 12.1 Å². The molecule has 0 aliphatic heterocycles. The molecule has 1 fully saturated rings. The van der Waals surface area contributed by atoms with Crippen LogP contribution >= 0.6 is 0 Å². The summed E-state index contributed by atoms with van der Waals surface area (Å²) in [6.07, 6.45) is -0.826. The monoisotopic (exact) mass is 259 g/mol. The van der Waals surface area contributed by atoms with Gasteiger partial charge in [-0.1, -0.05) is 6.42 Å². The summed E-state index contributed by atoms with van der Waals surface area (Å²) in [5.41, 5.74) is -1.64. The highest BCUT2D eigenvalue weighted by Crippen LogP contribution is 2.49. The van der Waals surface area contributed by atoms with E-state index in [4.69, 9.17) is 5.11 Å². The molecule has 1 aromatic heterocycles. The van der Waals surface area contributed by atoms with E-state index in [1.807, 2.05) is 0 Å². The van der Waals surface area contributed by atoms with Crippen molar-refractivity contribution in [3.8, 4) is 0 Å². The van der Waals surface area contributed by atoms with Crippen molar-refractivity contribution in [1.82, 2.24) is 4.98 Å². The summed E-state index contributed by atoms with van der Waals surface area (Å²) in [6, 6.07) is 0.914. The Morgan fingerprint density at radius 3 is 2.56 bits per heavy atom. The number of rotatable bonds is 3. The van der Waals surface area contributed by atoms with Crippen molar-refractivity contribution in [3.05, 3.63) is 29.6 Å². The average Bonchev–Trinajstić information content (AvgIpc) is 2.22. The van der Waals surface area contributed by atoms with Crippen LogP contribution in [0.3, 0.4) is 0 Å². The Kier molecular flexibility index (Phi) is 3.04. The third kappa shape index (κ3) is 2.19. The summed E-state index contributed by atoms with van der Waals surface area (Å²) in [5.74, 6) is -1.08. The lowest BCUT2D eigenvalue weighted by Crippen LogP contribution is -2.38. The molecule has 1 aliphatic carbocycles. The largest absolute Gasteiger partial charge is 0.481 e. The SMILES string of the molecule is O=C(O)CC1(c2cnccc2C(F)(F)F)CCC1. The molecule has 18 heavy (non-hydrogen) atoms. The van der Waals surface area contributed by atoms with Crippen molar-refractivity contribution in [2.45, 2.75) is 37.3 Å². The first-order chi connectivity index (χ1) is 8.35. The van der Waals surface area contributed by atoms with Crippen LogP contribution in [0.25, 0.3) is 0 Å². The summed E-state index contributed by atoms with van der Waals surface area (Å²) in [6.45, 7) is 0. The van der Waals surface area contributed by atoms with Crippen LogP contribution in [-0.2, 0) is 16.4 Å². The zero-order valence-corrected chi connectivity index (χ0v) is 9.50. The fraction of sp³-hybridized carbons (Fsp3) is 0.500. The van der Waals surface area contributed by atoms with Gasteiger partial charge in [0.1, 0.15) is 0 Å². The van der Waals surface area contributed by atoms with Crippen molar-refractivity contribution in [1.29, 1.82) is 0 Å². The lowest BCUT2D eigenvalue weighted by molar-refractivity contribution is -0.143. The minimum Gasteiger partial charge on any atom is -0.481 e. The molecule has 98 valence electrons. The highest BCUT2D eigenvalue weighted by molar-refractivity contribution is 5.69. The van der Waals surface area contributed by atoms with E-state index in [-0.39, 0.29) is 12.0 Å². The summed E-state index contributed by atoms with van der Waals surface area (Å²) in [4.78, 5) is 14.6. The number of hydrogen-bond donors (Lipinski definition) is 1. The predicted octanol–water partition coefficient (Wildman–Crippen LogP) is 3.00. The number of pyridine rings is 1. The molecule has 0 unspecified atom stereocenters. The fourth-order valence-corrected chi connectivity index (χ4v) is 2.50. The van der Waals surface area contributed by atoms with E-state index in [1.54, 1.807) is 0 Å². The molecule has 0 atom stereocenters. The molecule has 1 N–H and O–H groups in total. The number of carboxylic acids is 1. The summed E-state index contributed by atoms with van der Waals surface area (Å²) >= 11 is 0. The quantitative estimate of drug-likeness (QED) is 0.907. The summed E-state index contributed by atoms with van der Waals surface area (Å²) in [7, 11) is 0. The highest BCUT2D eigenvalue weighted by Gasteiger charge is 2.46. The highest BCUT2D eigenvalue weighted by atomic mass is 19.4. The number of hydrogen-bond acceptors (Lipinski definition) is 2. The third-order valence-electron chi connectivity index (χ3n) is 3.50. The second-order valence-corrected chi connectivity index (χ2v) is 4.62. The minimum atomic E-state index is -4.47. The molecule has 1 saturated carbocycles. The maximum Gasteiger partial charge on any atom is 0.416 e. The predicted molar refractivity (Wildman–Crippen MR) is 57.0 cm³/mol. The molecular weight excluding hydrogens is 247 g/mol. The van der Waals surface area contributed by atoms with Gasteiger partial charge in [0.15, 0.2) is 0 Å². The number of aliphatic carboxylic acids is 1. The van der Waals surface area contributed by atoms with Crippen LogP contribution in [0.2, 0.25) is 0 Å². The first kappa shape index (κ1) is 12.9. The molecule has 0 spiro atoms. The summed E-state index contributed by atoms with van der Waals surface area (Å²) in [5, 5.41) is 8.87. The van der Waals surface area contributed by atoms with E-state index in [0.29, 0.717) is 12.8 Å². The standard InChI is InChI=1S/C12H12F3NO2/c13-12(14,15)8-2-5-16-7-9(8)11(3-1-4-11)6-10(17)18/h2,5,7H,1,3-4,6H2,(H,17,18). The Bertz CT molecular complexity index is 467. The van der Waals surface area contributed by atoms with Gasteiger partial charge in [-0.15, -0.1) is 0 Å². The maximum atomic E-state index is 12.9. The molecule has 0 saturated heterocycles. The Morgan fingerprint density at radius 2 is 2.11 bits per heavy atom. The van der Waals surface area contributed by atoms with Crippen LogP contribution in [0, 0.1) is 0 Å². The maximum absolute atomic E-state index is 12.9. The first-order valence-corrected chi connectivity index (χ1v) is 5.59. The second-order valence-electron chi connectivity index (χ2n) is 4.62. The van der Waals surface area contributed by atoms with E-state index < -0.39 is 23.1 Å². The zero-order chi connectivity index (χ0) is 13.4. The van der Waals surface area contributed by atoms with Gasteiger partial charge in [0.2, 0.25) is 0 Å². The van der Waals surface area contributed by atoms with Crippen molar-refractivity contribution in [2.75, 3.05) is 0 Å². The van der Waals surface area contributed by atoms with Gasteiger partial charge in [-0.05, 0) is 24.5 Å². The van der Waals surface area contributed by atoms with E-state index in [1.165, 1.54) is 0 Å². The second kappa shape index (κ2) is 4.26. The topological polar surface area (TPSA) is 50.2 Å². The van der Waals surface area contributed by atoms with Crippen molar-refractivity contribution in [3.63, 3.8) is 0 Å². The number of carbonyl (C=O) groups is 1. The number of carboxylic acid groups (broad SMARTS) is 1.